The Morgan fingerprint density at radius 2 is 1.88 bits per heavy atom. The number of hydrogen-bond acceptors (Lipinski definition) is 5. The summed E-state index contributed by atoms with van der Waals surface area (Å²) >= 11 is 0. The van der Waals surface area contributed by atoms with E-state index in [0.29, 0.717) is 25.2 Å². The summed E-state index contributed by atoms with van der Waals surface area (Å²) in [5.74, 6) is 0.214. The van der Waals surface area contributed by atoms with Crippen LogP contribution >= 0.6 is 0 Å². The zero-order valence-corrected chi connectivity index (χ0v) is 17.1. The summed E-state index contributed by atoms with van der Waals surface area (Å²) in [7, 11) is -6.34. The fourth-order valence-electron chi connectivity index (χ4n) is 2.74. The van der Waals surface area contributed by atoms with Crippen LogP contribution in [0.5, 0.6) is 0 Å². The Kier molecular flexibility index (Phi) is 7.31. The van der Waals surface area contributed by atoms with Gasteiger partial charge in [-0.15, -0.1) is 0 Å². The Hall–Kier alpha value is -1.32. The van der Waals surface area contributed by atoms with Gasteiger partial charge in [-0.2, -0.15) is 0 Å². The minimum absolute atomic E-state index is 0.214. The Morgan fingerprint density at radius 1 is 1.15 bits per heavy atom. The molecule has 0 radical (unpaired) electrons. The van der Waals surface area contributed by atoms with Crippen molar-refractivity contribution in [2.75, 3.05) is 35.0 Å². The maximum absolute atomic E-state index is 12.0. The van der Waals surface area contributed by atoms with E-state index in [-0.39, 0.29) is 5.75 Å². The molecular weight excluding hydrogens is 374 g/mol. The first kappa shape index (κ1) is 21.0. The summed E-state index contributed by atoms with van der Waals surface area (Å²) in [6.45, 7) is 5.08. The number of benzene rings is 1. The van der Waals surface area contributed by atoms with E-state index in [9.17, 15) is 16.8 Å². The van der Waals surface area contributed by atoms with Gasteiger partial charge in [0.15, 0.2) is 0 Å². The molecule has 9 heteroatoms. The van der Waals surface area contributed by atoms with E-state index in [0.717, 1.165) is 31.5 Å². The van der Waals surface area contributed by atoms with Crippen molar-refractivity contribution in [3.05, 3.63) is 24.3 Å². The van der Waals surface area contributed by atoms with Gasteiger partial charge in [-0.25, -0.2) is 21.6 Å². The molecule has 148 valence electrons. The summed E-state index contributed by atoms with van der Waals surface area (Å²) in [4.78, 5) is 0. The molecule has 0 bridgehead atoms. The average Bonchev–Trinajstić information content (AvgIpc) is 2.93. The van der Waals surface area contributed by atoms with Crippen LogP contribution < -0.4 is 14.3 Å². The van der Waals surface area contributed by atoms with E-state index in [1.54, 1.807) is 13.8 Å². The van der Waals surface area contributed by atoms with Gasteiger partial charge < -0.3 is 5.32 Å². The topological polar surface area (TPSA) is 95.6 Å². The van der Waals surface area contributed by atoms with Crippen LogP contribution in [0.4, 0.5) is 11.4 Å². The molecule has 0 amide bonds. The summed E-state index contributed by atoms with van der Waals surface area (Å²) in [5, 5.41) is 2.89. The molecule has 0 atom stereocenters. The molecule has 1 saturated heterocycles. The molecule has 26 heavy (non-hydrogen) atoms. The van der Waals surface area contributed by atoms with Gasteiger partial charge in [0.1, 0.15) is 0 Å². The second-order valence-corrected chi connectivity index (χ2v) is 11.1. The summed E-state index contributed by atoms with van der Waals surface area (Å²) in [5.41, 5.74) is 1.60. The van der Waals surface area contributed by atoms with Gasteiger partial charge in [-0.05, 0) is 51.3 Å². The van der Waals surface area contributed by atoms with Gasteiger partial charge in [0.05, 0.1) is 16.7 Å². The molecule has 1 fully saturated rings. The molecule has 1 aliphatic heterocycles. The van der Waals surface area contributed by atoms with Gasteiger partial charge in [0, 0.05) is 25.3 Å². The molecule has 1 heterocycles. The van der Waals surface area contributed by atoms with Crippen LogP contribution in [0.25, 0.3) is 0 Å². The predicted octanol–water partition coefficient (Wildman–Crippen LogP) is 2.14. The molecular formula is C17H29N3O4S2. The zero-order chi connectivity index (χ0) is 19.2. The molecule has 1 aromatic rings. The van der Waals surface area contributed by atoms with Gasteiger partial charge in [0.25, 0.3) is 0 Å². The molecule has 2 rings (SSSR count). The zero-order valence-electron chi connectivity index (χ0n) is 15.4. The van der Waals surface area contributed by atoms with Crippen molar-refractivity contribution in [1.82, 2.24) is 4.72 Å². The fraction of sp³-hybridized carbons (Fsp3) is 0.647. The van der Waals surface area contributed by atoms with Crippen molar-refractivity contribution < 1.29 is 16.8 Å². The maximum Gasteiger partial charge on any atom is 0.235 e. The molecule has 0 spiro atoms. The van der Waals surface area contributed by atoms with Crippen LogP contribution in [0.15, 0.2) is 24.3 Å². The highest BCUT2D eigenvalue weighted by Gasteiger charge is 2.28. The lowest BCUT2D eigenvalue weighted by atomic mass is 10.2. The van der Waals surface area contributed by atoms with Gasteiger partial charge in [-0.1, -0.05) is 12.5 Å². The lowest BCUT2D eigenvalue weighted by Gasteiger charge is -2.18. The van der Waals surface area contributed by atoms with Gasteiger partial charge >= 0.3 is 0 Å². The van der Waals surface area contributed by atoms with Crippen molar-refractivity contribution in [2.24, 2.45) is 0 Å². The van der Waals surface area contributed by atoms with Crippen LogP contribution in [0.1, 0.15) is 39.5 Å². The van der Waals surface area contributed by atoms with Crippen molar-refractivity contribution in [3.8, 4) is 0 Å². The first-order valence-electron chi connectivity index (χ1n) is 9.05. The van der Waals surface area contributed by atoms with Crippen LogP contribution in [-0.2, 0) is 20.0 Å². The third-order valence-corrected chi connectivity index (χ3v) is 8.06. The molecule has 0 aromatic heterocycles. The van der Waals surface area contributed by atoms with Crippen molar-refractivity contribution in [2.45, 2.75) is 44.8 Å². The first-order valence-corrected chi connectivity index (χ1v) is 12.2. The third kappa shape index (κ3) is 5.85. The van der Waals surface area contributed by atoms with E-state index in [1.165, 1.54) is 4.31 Å². The highest BCUT2D eigenvalue weighted by Crippen LogP contribution is 2.26. The molecule has 2 N–H and O–H groups in total. The Bertz CT molecular complexity index is 792. The molecule has 0 aliphatic carbocycles. The summed E-state index contributed by atoms with van der Waals surface area (Å²) in [6.07, 6.45) is 3.28. The smallest absolute Gasteiger partial charge is 0.235 e. The number of nitrogens with zero attached hydrogens (tertiary/aromatic N) is 1. The SMILES string of the molecule is CC(C)S(=O)(=O)NCCCCCNc1cccc(N2CCCS2(=O)=O)c1. The van der Waals surface area contributed by atoms with Crippen LogP contribution in [0.2, 0.25) is 0 Å². The van der Waals surface area contributed by atoms with Crippen molar-refractivity contribution >= 4 is 31.4 Å². The van der Waals surface area contributed by atoms with E-state index in [1.807, 2.05) is 24.3 Å². The average molecular weight is 404 g/mol. The van der Waals surface area contributed by atoms with E-state index >= 15 is 0 Å². The minimum Gasteiger partial charge on any atom is -0.385 e. The molecule has 1 aromatic carbocycles. The standard InChI is InChI=1S/C17H29N3O4S2/c1-15(2)26(23,24)19-11-5-3-4-10-18-16-8-6-9-17(14-16)20-12-7-13-25(20,21)22/h6,8-9,14-15,18-19H,3-5,7,10-13H2,1-2H3. The number of hydrogen-bond donors (Lipinski definition) is 2. The first-order chi connectivity index (χ1) is 12.2. The largest absolute Gasteiger partial charge is 0.385 e. The number of unbranched alkanes of at least 4 members (excludes halogenated alkanes) is 2. The normalized spacial score (nSPS) is 17.0. The van der Waals surface area contributed by atoms with E-state index in [4.69, 9.17) is 0 Å². The van der Waals surface area contributed by atoms with Crippen LogP contribution in [0.3, 0.4) is 0 Å². The van der Waals surface area contributed by atoms with Gasteiger partial charge in [0.2, 0.25) is 20.0 Å². The lowest BCUT2D eigenvalue weighted by molar-refractivity contribution is 0.566. The quantitative estimate of drug-likeness (QED) is 0.584. The fourth-order valence-corrected chi connectivity index (χ4v) is 5.06. The molecule has 7 nitrogen and oxygen atoms in total. The van der Waals surface area contributed by atoms with Crippen molar-refractivity contribution in [1.29, 1.82) is 0 Å². The Morgan fingerprint density at radius 3 is 2.54 bits per heavy atom. The second kappa shape index (κ2) is 9.05. The van der Waals surface area contributed by atoms with E-state index in [2.05, 4.69) is 10.0 Å². The van der Waals surface area contributed by atoms with Crippen molar-refractivity contribution in [3.63, 3.8) is 0 Å². The second-order valence-electron chi connectivity index (χ2n) is 6.77. The molecule has 0 unspecified atom stereocenters. The highest BCUT2D eigenvalue weighted by molar-refractivity contribution is 7.93. The molecule has 0 saturated carbocycles. The number of nitrogens with one attached hydrogen (secondary N) is 2. The monoisotopic (exact) mass is 403 g/mol. The predicted molar refractivity (Wildman–Crippen MR) is 107 cm³/mol. The highest BCUT2D eigenvalue weighted by atomic mass is 32.2. The number of anilines is 2. The van der Waals surface area contributed by atoms with Crippen LogP contribution in [-0.4, -0.2) is 47.5 Å². The lowest BCUT2D eigenvalue weighted by Crippen LogP contribution is -2.31. The summed E-state index contributed by atoms with van der Waals surface area (Å²) < 4.78 is 51.3. The van der Waals surface area contributed by atoms with Crippen LogP contribution in [0, 0.1) is 0 Å². The minimum atomic E-state index is -3.18. The Balaban J connectivity index is 1.71. The van der Waals surface area contributed by atoms with Gasteiger partial charge in [-0.3, -0.25) is 4.31 Å². The Labute approximate surface area is 157 Å². The summed E-state index contributed by atoms with van der Waals surface area (Å²) in [6, 6.07) is 7.45. The van der Waals surface area contributed by atoms with E-state index < -0.39 is 25.3 Å². The number of rotatable bonds is 10. The molecule has 1 aliphatic rings. The number of sulfonamides is 2. The maximum atomic E-state index is 12.0. The third-order valence-electron chi connectivity index (χ3n) is 4.34.